The van der Waals surface area contributed by atoms with Crippen LogP contribution in [0, 0.1) is 5.92 Å². The minimum Gasteiger partial charge on any atom is -0.294 e. The maximum absolute atomic E-state index is 10.7. The molecule has 0 radical (unpaired) electrons. The van der Waals surface area contributed by atoms with Crippen LogP contribution in [0.4, 0.5) is 0 Å². The summed E-state index contributed by atoms with van der Waals surface area (Å²) in [5.74, 6) is -1.13. The van der Waals surface area contributed by atoms with Crippen LogP contribution in [-0.2, 0) is 9.59 Å². The highest BCUT2D eigenvalue weighted by molar-refractivity contribution is 6.10. The molecule has 2 heteroatoms. The van der Waals surface area contributed by atoms with E-state index in [1.807, 2.05) is 0 Å². The zero-order chi connectivity index (χ0) is 8.15. The normalized spacial score (nSPS) is 9.00. The fourth-order valence-electron chi connectivity index (χ4n) is 0.494. The predicted molar refractivity (Wildman–Crippen MR) is 39.6 cm³/mol. The lowest BCUT2D eigenvalue weighted by Gasteiger charge is -1.99. The van der Waals surface area contributed by atoms with Gasteiger partial charge in [0.2, 0.25) is 0 Å². The number of allylic oxidation sites excluding steroid dienone is 2. The maximum atomic E-state index is 10.7. The summed E-state index contributed by atoms with van der Waals surface area (Å²) in [7, 11) is 0. The van der Waals surface area contributed by atoms with E-state index in [4.69, 9.17) is 0 Å². The van der Waals surface area contributed by atoms with Gasteiger partial charge in [-0.1, -0.05) is 13.2 Å². The van der Waals surface area contributed by atoms with Crippen molar-refractivity contribution in [3.63, 3.8) is 0 Å². The van der Waals surface area contributed by atoms with Gasteiger partial charge < -0.3 is 0 Å². The van der Waals surface area contributed by atoms with Crippen LogP contribution in [-0.4, -0.2) is 11.6 Å². The average Bonchev–Trinajstić information content (AvgIpc) is 2.00. The van der Waals surface area contributed by atoms with Crippen molar-refractivity contribution in [3.8, 4) is 0 Å². The molecule has 0 atom stereocenters. The van der Waals surface area contributed by atoms with Crippen molar-refractivity contribution in [2.75, 3.05) is 0 Å². The Bertz CT molecular complexity index is 160. The molecule has 54 valence electrons. The molecule has 0 rings (SSSR count). The van der Waals surface area contributed by atoms with Gasteiger partial charge in [-0.05, 0) is 19.1 Å². The molecule has 0 bridgehead atoms. The maximum Gasteiger partial charge on any atom is 0.165 e. The lowest BCUT2D eigenvalue weighted by Crippen LogP contribution is -2.16. The van der Waals surface area contributed by atoms with Gasteiger partial charge in [0.25, 0.3) is 0 Å². The predicted octanol–water partition coefficient (Wildman–Crippen LogP) is 1.13. The second kappa shape index (κ2) is 3.77. The molecule has 0 aliphatic rings. The number of hydrogen-bond donors (Lipinski definition) is 0. The first-order valence-corrected chi connectivity index (χ1v) is 2.96. The van der Waals surface area contributed by atoms with Crippen LogP contribution in [0.25, 0.3) is 0 Å². The second-order valence-corrected chi connectivity index (χ2v) is 1.93. The summed E-state index contributed by atoms with van der Waals surface area (Å²) in [5.41, 5.74) is 0. The minimum atomic E-state index is -0.616. The topological polar surface area (TPSA) is 34.1 Å². The largest absolute Gasteiger partial charge is 0.294 e. The zero-order valence-electron chi connectivity index (χ0n) is 5.96. The van der Waals surface area contributed by atoms with Crippen molar-refractivity contribution in [3.05, 3.63) is 25.3 Å². The van der Waals surface area contributed by atoms with Crippen molar-refractivity contribution < 1.29 is 9.59 Å². The van der Waals surface area contributed by atoms with Crippen molar-refractivity contribution >= 4 is 11.6 Å². The van der Waals surface area contributed by atoms with Crippen LogP contribution in [0.1, 0.15) is 6.92 Å². The third-order valence-electron chi connectivity index (χ3n) is 1.26. The Morgan fingerprint density at radius 1 is 1.20 bits per heavy atom. The molecule has 0 aromatic carbocycles. The molecular formula is C8H10O2. The van der Waals surface area contributed by atoms with Gasteiger partial charge in [0.1, 0.15) is 0 Å². The van der Waals surface area contributed by atoms with Gasteiger partial charge in [0.15, 0.2) is 11.6 Å². The van der Waals surface area contributed by atoms with Crippen LogP contribution in [0.3, 0.4) is 0 Å². The molecule has 0 aromatic heterocycles. The number of carbonyl (C=O) groups excluding carboxylic acids is 2. The molecule has 0 spiro atoms. The van der Waals surface area contributed by atoms with E-state index in [-0.39, 0.29) is 11.6 Å². The first-order chi connectivity index (χ1) is 4.63. The van der Waals surface area contributed by atoms with Crippen LogP contribution in [0.5, 0.6) is 0 Å². The van der Waals surface area contributed by atoms with E-state index in [1.54, 1.807) is 0 Å². The highest BCUT2D eigenvalue weighted by Crippen LogP contribution is 1.99. The van der Waals surface area contributed by atoms with Crippen LogP contribution in [0.15, 0.2) is 25.3 Å². The van der Waals surface area contributed by atoms with Crippen LogP contribution >= 0.6 is 0 Å². The van der Waals surface area contributed by atoms with Crippen molar-refractivity contribution in [2.45, 2.75) is 6.92 Å². The van der Waals surface area contributed by atoms with Crippen LogP contribution < -0.4 is 0 Å². The van der Waals surface area contributed by atoms with Crippen molar-refractivity contribution in [1.82, 2.24) is 0 Å². The van der Waals surface area contributed by atoms with Gasteiger partial charge in [0.05, 0.1) is 5.92 Å². The highest BCUT2D eigenvalue weighted by atomic mass is 16.1. The molecule has 0 saturated carbocycles. The van der Waals surface area contributed by atoms with Gasteiger partial charge in [-0.25, -0.2) is 0 Å². The van der Waals surface area contributed by atoms with Gasteiger partial charge >= 0.3 is 0 Å². The highest BCUT2D eigenvalue weighted by Gasteiger charge is 2.14. The molecular weight excluding hydrogens is 128 g/mol. The lowest BCUT2D eigenvalue weighted by atomic mass is 10.0. The standard InChI is InChI=1S/C8H10O2/c1-4-7(9)6(3)8(10)5-2/h4-6H,1-2H2,3H3. The Hall–Kier alpha value is -1.18. The first-order valence-electron chi connectivity index (χ1n) is 2.96. The summed E-state index contributed by atoms with van der Waals surface area (Å²) in [6.07, 6.45) is 2.29. The van der Waals surface area contributed by atoms with Gasteiger partial charge in [-0.15, -0.1) is 0 Å². The minimum absolute atomic E-state index is 0.259. The van der Waals surface area contributed by atoms with Gasteiger partial charge in [-0.3, -0.25) is 9.59 Å². The summed E-state index contributed by atoms with van der Waals surface area (Å²) in [4.78, 5) is 21.5. The Labute approximate surface area is 60.2 Å². The summed E-state index contributed by atoms with van der Waals surface area (Å²) >= 11 is 0. The summed E-state index contributed by atoms with van der Waals surface area (Å²) in [6.45, 7) is 8.06. The smallest absolute Gasteiger partial charge is 0.165 e. The molecule has 0 heterocycles. The number of carbonyl (C=O) groups is 2. The van der Waals surface area contributed by atoms with E-state index >= 15 is 0 Å². The van der Waals surface area contributed by atoms with E-state index in [0.29, 0.717) is 0 Å². The van der Waals surface area contributed by atoms with Crippen LogP contribution in [0.2, 0.25) is 0 Å². The number of hydrogen-bond acceptors (Lipinski definition) is 2. The fraction of sp³-hybridized carbons (Fsp3) is 0.250. The third kappa shape index (κ3) is 1.97. The molecule has 10 heavy (non-hydrogen) atoms. The number of ketones is 2. The molecule has 0 aliphatic carbocycles. The molecule has 0 aromatic rings. The molecule has 0 saturated heterocycles. The van der Waals surface area contributed by atoms with E-state index in [1.165, 1.54) is 6.92 Å². The Morgan fingerprint density at radius 3 is 1.70 bits per heavy atom. The average molecular weight is 138 g/mol. The van der Waals surface area contributed by atoms with Gasteiger partial charge in [0, 0.05) is 0 Å². The lowest BCUT2D eigenvalue weighted by molar-refractivity contribution is -0.126. The first kappa shape index (κ1) is 8.82. The van der Waals surface area contributed by atoms with E-state index in [2.05, 4.69) is 13.2 Å². The molecule has 2 nitrogen and oxygen atoms in total. The van der Waals surface area contributed by atoms with Crippen molar-refractivity contribution in [2.24, 2.45) is 5.92 Å². The fourth-order valence-corrected chi connectivity index (χ4v) is 0.494. The molecule has 0 fully saturated rings. The molecule has 0 unspecified atom stereocenters. The van der Waals surface area contributed by atoms with E-state index in [0.717, 1.165) is 12.2 Å². The second-order valence-electron chi connectivity index (χ2n) is 1.93. The van der Waals surface area contributed by atoms with Crippen molar-refractivity contribution in [1.29, 1.82) is 0 Å². The molecule has 0 aliphatic heterocycles. The molecule has 0 amide bonds. The summed E-state index contributed by atoms with van der Waals surface area (Å²) in [6, 6.07) is 0. The summed E-state index contributed by atoms with van der Waals surface area (Å²) in [5, 5.41) is 0. The summed E-state index contributed by atoms with van der Waals surface area (Å²) < 4.78 is 0. The monoisotopic (exact) mass is 138 g/mol. The van der Waals surface area contributed by atoms with Gasteiger partial charge in [-0.2, -0.15) is 0 Å². The molecule has 0 N–H and O–H groups in total. The van der Waals surface area contributed by atoms with E-state index < -0.39 is 5.92 Å². The Balaban J connectivity index is 4.20. The zero-order valence-corrected chi connectivity index (χ0v) is 5.96. The SMILES string of the molecule is C=CC(=O)C(C)C(=O)C=C. The Morgan fingerprint density at radius 2 is 1.50 bits per heavy atom. The quantitative estimate of drug-likeness (QED) is 0.431. The Kier molecular flexibility index (Phi) is 3.33. The number of rotatable bonds is 4. The van der Waals surface area contributed by atoms with E-state index in [9.17, 15) is 9.59 Å². The third-order valence-corrected chi connectivity index (χ3v) is 1.26.